The SMILES string of the molecule is Cc1ccc(-c2noc([C@H](C)NC(=O)Cc3ccccc3F)n2)cc1. The number of aromatic nitrogens is 2. The minimum Gasteiger partial charge on any atom is -0.344 e. The van der Waals surface area contributed by atoms with Gasteiger partial charge >= 0.3 is 0 Å². The molecule has 1 heterocycles. The lowest BCUT2D eigenvalue weighted by Crippen LogP contribution is -2.28. The summed E-state index contributed by atoms with van der Waals surface area (Å²) in [7, 11) is 0. The molecule has 1 amide bonds. The predicted octanol–water partition coefficient (Wildman–Crippen LogP) is 3.60. The molecule has 0 spiro atoms. The lowest BCUT2D eigenvalue weighted by molar-refractivity contribution is -0.121. The van der Waals surface area contributed by atoms with E-state index in [1.165, 1.54) is 6.07 Å². The highest BCUT2D eigenvalue weighted by atomic mass is 19.1. The van der Waals surface area contributed by atoms with E-state index in [-0.39, 0.29) is 12.3 Å². The molecule has 0 saturated carbocycles. The number of hydrogen-bond acceptors (Lipinski definition) is 4. The maximum absolute atomic E-state index is 13.6. The van der Waals surface area contributed by atoms with E-state index < -0.39 is 11.9 Å². The molecule has 1 atom stereocenters. The molecule has 0 fully saturated rings. The van der Waals surface area contributed by atoms with Gasteiger partial charge in [0.15, 0.2) is 0 Å². The van der Waals surface area contributed by atoms with Crippen LogP contribution in [0.1, 0.15) is 30.0 Å². The first-order chi connectivity index (χ1) is 12.0. The molecule has 6 heteroatoms. The Morgan fingerprint density at radius 3 is 2.64 bits per heavy atom. The number of hydrogen-bond donors (Lipinski definition) is 1. The van der Waals surface area contributed by atoms with Crippen molar-refractivity contribution in [2.45, 2.75) is 26.3 Å². The summed E-state index contributed by atoms with van der Waals surface area (Å²) in [6.45, 7) is 3.74. The zero-order chi connectivity index (χ0) is 17.8. The number of carbonyl (C=O) groups excluding carboxylic acids is 1. The van der Waals surface area contributed by atoms with Gasteiger partial charge in [0, 0.05) is 5.56 Å². The van der Waals surface area contributed by atoms with Crippen molar-refractivity contribution in [1.29, 1.82) is 0 Å². The van der Waals surface area contributed by atoms with Crippen molar-refractivity contribution in [2.24, 2.45) is 0 Å². The van der Waals surface area contributed by atoms with E-state index in [0.717, 1.165) is 11.1 Å². The van der Waals surface area contributed by atoms with Gasteiger partial charge in [-0.25, -0.2) is 4.39 Å². The van der Waals surface area contributed by atoms with E-state index in [1.807, 2.05) is 31.2 Å². The molecule has 0 unspecified atom stereocenters. The molecule has 0 bridgehead atoms. The summed E-state index contributed by atoms with van der Waals surface area (Å²) >= 11 is 0. The number of nitrogens with zero attached hydrogens (tertiary/aromatic N) is 2. The molecule has 128 valence electrons. The van der Waals surface area contributed by atoms with E-state index in [9.17, 15) is 9.18 Å². The Balaban J connectivity index is 1.65. The Bertz CT molecular complexity index is 874. The molecule has 0 aliphatic heterocycles. The maximum atomic E-state index is 13.6. The number of carbonyl (C=O) groups is 1. The lowest BCUT2D eigenvalue weighted by atomic mass is 10.1. The fourth-order valence-corrected chi connectivity index (χ4v) is 2.40. The Kier molecular flexibility index (Phi) is 4.88. The van der Waals surface area contributed by atoms with Crippen LogP contribution in [0.5, 0.6) is 0 Å². The molecule has 5 nitrogen and oxygen atoms in total. The molecule has 0 aliphatic carbocycles. The normalized spacial score (nSPS) is 12.0. The topological polar surface area (TPSA) is 68.0 Å². The van der Waals surface area contributed by atoms with Crippen LogP contribution in [0.4, 0.5) is 4.39 Å². The Hall–Kier alpha value is -3.02. The second kappa shape index (κ2) is 7.25. The maximum Gasteiger partial charge on any atom is 0.249 e. The number of aryl methyl sites for hydroxylation is 1. The van der Waals surface area contributed by atoms with E-state index in [0.29, 0.717) is 17.3 Å². The van der Waals surface area contributed by atoms with Crippen molar-refractivity contribution in [3.63, 3.8) is 0 Å². The van der Waals surface area contributed by atoms with Gasteiger partial charge in [0.2, 0.25) is 17.6 Å². The number of amides is 1. The highest BCUT2D eigenvalue weighted by molar-refractivity contribution is 5.78. The van der Waals surface area contributed by atoms with Gasteiger partial charge in [-0.3, -0.25) is 4.79 Å². The number of benzene rings is 2. The van der Waals surface area contributed by atoms with Crippen LogP contribution >= 0.6 is 0 Å². The van der Waals surface area contributed by atoms with Gasteiger partial charge in [0.05, 0.1) is 6.42 Å². The highest BCUT2D eigenvalue weighted by Crippen LogP contribution is 2.19. The first-order valence-corrected chi connectivity index (χ1v) is 7.96. The van der Waals surface area contributed by atoms with Crippen molar-refractivity contribution in [3.05, 3.63) is 71.4 Å². The van der Waals surface area contributed by atoms with Gasteiger partial charge in [-0.1, -0.05) is 53.2 Å². The predicted molar refractivity (Wildman–Crippen MR) is 91.1 cm³/mol. The second-order valence-electron chi connectivity index (χ2n) is 5.88. The molecule has 3 rings (SSSR count). The number of nitrogens with one attached hydrogen (secondary N) is 1. The Labute approximate surface area is 144 Å². The third-order valence-electron chi connectivity index (χ3n) is 3.81. The molecule has 3 aromatic rings. The Morgan fingerprint density at radius 2 is 1.92 bits per heavy atom. The van der Waals surface area contributed by atoms with E-state index in [2.05, 4.69) is 15.5 Å². The molecular formula is C19H18FN3O2. The first-order valence-electron chi connectivity index (χ1n) is 7.96. The van der Waals surface area contributed by atoms with Crippen molar-refractivity contribution < 1.29 is 13.7 Å². The van der Waals surface area contributed by atoms with Crippen LogP contribution in [0.3, 0.4) is 0 Å². The summed E-state index contributed by atoms with van der Waals surface area (Å²) < 4.78 is 18.8. The van der Waals surface area contributed by atoms with E-state index in [4.69, 9.17) is 4.52 Å². The van der Waals surface area contributed by atoms with Gasteiger partial charge in [-0.2, -0.15) is 4.98 Å². The molecule has 1 aromatic heterocycles. The largest absolute Gasteiger partial charge is 0.344 e. The molecule has 0 saturated heterocycles. The van der Waals surface area contributed by atoms with Crippen molar-refractivity contribution in [2.75, 3.05) is 0 Å². The Morgan fingerprint density at radius 1 is 1.20 bits per heavy atom. The number of rotatable bonds is 5. The zero-order valence-corrected chi connectivity index (χ0v) is 14.0. The third kappa shape index (κ3) is 4.09. The molecular weight excluding hydrogens is 321 g/mol. The standard InChI is InChI=1S/C19H18FN3O2/c1-12-7-9-14(10-8-12)18-22-19(25-23-18)13(2)21-17(24)11-15-5-3-4-6-16(15)20/h3-10,13H,11H2,1-2H3,(H,21,24)/t13-/m0/s1. The average Bonchev–Trinajstić information content (AvgIpc) is 3.08. The fraction of sp³-hybridized carbons (Fsp3) is 0.211. The summed E-state index contributed by atoms with van der Waals surface area (Å²) in [5, 5.41) is 6.69. The van der Waals surface area contributed by atoms with Crippen molar-refractivity contribution >= 4 is 5.91 Å². The molecule has 0 radical (unpaired) electrons. The van der Waals surface area contributed by atoms with Crippen LogP contribution in [0, 0.1) is 12.7 Å². The van der Waals surface area contributed by atoms with Gasteiger partial charge in [0.25, 0.3) is 0 Å². The zero-order valence-electron chi connectivity index (χ0n) is 14.0. The third-order valence-corrected chi connectivity index (χ3v) is 3.81. The van der Waals surface area contributed by atoms with Crippen LogP contribution in [0.2, 0.25) is 0 Å². The van der Waals surface area contributed by atoms with Crippen molar-refractivity contribution in [3.8, 4) is 11.4 Å². The minimum absolute atomic E-state index is 0.0457. The quantitative estimate of drug-likeness (QED) is 0.771. The summed E-state index contributed by atoms with van der Waals surface area (Å²) in [6, 6.07) is 13.5. The number of halogens is 1. The first kappa shape index (κ1) is 16.8. The lowest BCUT2D eigenvalue weighted by Gasteiger charge is -2.10. The minimum atomic E-state index is -0.467. The summed E-state index contributed by atoms with van der Waals surface area (Å²) in [4.78, 5) is 16.4. The smallest absolute Gasteiger partial charge is 0.249 e. The molecule has 1 N–H and O–H groups in total. The summed E-state index contributed by atoms with van der Waals surface area (Å²) in [6.07, 6.45) is -0.0457. The average molecular weight is 339 g/mol. The summed E-state index contributed by atoms with van der Waals surface area (Å²) in [5.74, 6) is 0.0556. The fourth-order valence-electron chi connectivity index (χ4n) is 2.40. The molecule has 25 heavy (non-hydrogen) atoms. The van der Waals surface area contributed by atoms with Crippen LogP contribution < -0.4 is 5.32 Å². The molecule has 0 aliphatic rings. The van der Waals surface area contributed by atoms with Crippen LogP contribution in [-0.4, -0.2) is 16.0 Å². The van der Waals surface area contributed by atoms with E-state index >= 15 is 0 Å². The van der Waals surface area contributed by atoms with Gasteiger partial charge in [-0.05, 0) is 25.5 Å². The molecule has 2 aromatic carbocycles. The van der Waals surface area contributed by atoms with Gasteiger partial charge in [0.1, 0.15) is 11.9 Å². The van der Waals surface area contributed by atoms with Crippen molar-refractivity contribution in [1.82, 2.24) is 15.5 Å². The van der Waals surface area contributed by atoms with Gasteiger partial charge in [-0.15, -0.1) is 0 Å². The van der Waals surface area contributed by atoms with Crippen LogP contribution in [-0.2, 0) is 11.2 Å². The van der Waals surface area contributed by atoms with E-state index in [1.54, 1.807) is 25.1 Å². The van der Waals surface area contributed by atoms with Crippen LogP contribution in [0.25, 0.3) is 11.4 Å². The highest BCUT2D eigenvalue weighted by Gasteiger charge is 2.18. The van der Waals surface area contributed by atoms with Gasteiger partial charge < -0.3 is 9.84 Å². The van der Waals surface area contributed by atoms with Crippen LogP contribution in [0.15, 0.2) is 53.1 Å². The summed E-state index contributed by atoms with van der Waals surface area (Å²) in [5.41, 5.74) is 2.32. The monoisotopic (exact) mass is 339 g/mol. The second-order valence-corrected chi connectivity index (χ2v) is 5.88.